The summed E-state index contributed by atoms with van der Waals surface area (Å²) in [4.78, 5) is 8.90. The molecule has 11 heavy (non-hydrogen) atoms. The van der Waals surface area contributed by atoms with E-state index in [-0.39, 0.29) is 22.4 Å². The number of nitriles is 1. The number of rotatable bonds is 0. The minimum atomic E-state index is -5.08. The van der Waals surface area contributed by atoms with Crippen molar-refractivity contribution in [3.63, 3.8) is 0 Å². The van der Waals surface area contributed by atoms with Crippen LogP contribution in [0.25, 0.3) is 0 Å². The average molecular weight is 263 g/mol. The van der Waals surface area contributed by atoms with Crippen LogP contribution in [0.2, 0.25) is 0 Å². The van der Waals surface area contributed by atoms with Crippen LogP contribution in [-0.4, -0.2) is 17.3 Å². The van der Waals surface area contributed by atoms with Crippen LogP contribution in [-0.2, 0) is 27.2 Å². The van der Waals surface area contributed by atoms with Gasteiger partial charge in [0, 0.05) is 29.3 Å². The Hall–Kier alpha value is -0.510. The zero-order chi connectivity index (χ0) is 8.78. The van der Waals surface area contributed by atoms with E-state index in [0.717, 1.165) is 0 Å². The number of nitrogens with zero attached hydrogens (tertiary/aromatic N) is 1. The SMILES string of the molecule is CC#N.O=C(O)C(F)(F)F.[Ag]. The summed E-state index contributed by atoms with van der Waals surface area (Å²) in [7, 11) is 0. The summed E-state index contributed by atoms with van der Waals surface area (Å²) in [5, 5.41) is 14.4. The molecule has 0 aliphatic carbocycles. The van der Waals surface area contributed by atoms with Crippen LogP contribution >= 0.6 is 0 Å². The van der Waals surface area contributed by atoms with Gasteiger partial charge in [-0.25, -0.2) is 4.79 Å². The van der Waals surface area contributed by atoms with Crippen molar-refractivity contribution < 1.29 is 45.5 Å². The van der Waals surface area contributed by atoms with Gasteiger partial charge in [0.05, 0.1) is 6.07 Å². The molecule has 0 saturated carbocycles. The van der Waals surface area contributed by atoms with E-state index in [1.807, 2.05) is 0 Å². The summed E-state index contributed by atoms with van der Waals surface area (Å²) in [5.41, 5.74) is 0. The van der Waals surface area contributed by atoms with E-state index in [4.69, 9.17) is 15.2 Å². The second-order valence-corrected chi connectivity index (χ2v) is 1.03. The van der Waals surface area contributed by atoms with E-state index in [1.165, 1.54) is 6.92 Å². The summed E-state index contributed by atoms with van der Waals surface area (Å²) < 4.78 is 31.7. The van der Waals surface area contributed by atoms with Crippen molar-refractivity contribution in [2.45, 2.75) is 13.1 Å². The van der Waals surface area contributed by atoms with Gasteiger partial charge in [0.15, 0.2) is 0 Å². The third-order valence-electron chi connectivity index (χ3n) is 0.243. The Kier molecular flexibility index (Phi) is 11.6. The molecule has 0 rings (SSSR count). The first-order valence-electron chi connectivity index (χ1n) is 1.97. The van der Waals surface area contributed by atoms with Gasteiger partial charge < -0.3 is 5.11 Å². The number of carboxylic acids is 1. The van der Waals surface area contributed by atoms with E-state index in [0.29, 0.717) is 0 Å². The first kappa shape index (κ1) is 16.8. The fourth-order valence-corrected chi connectivity index (χ4v) is 0. The molecule has 0 aliphatic rings. The number of carbonyl (C=O) groups is 1. The van der Waals surface area contributed by atoms with Crippen molar-refractivity contribution in [2.75, 3.05) is 0 Å². The first-order chi connectivity index (χ1) is 4.36. The van der Waals surface area contributed by atoms with Crippen molar-refractivity contribution in [2.24, 2.45) is 0 Å². The molecule has 0 amide bonds. The van der Waals surface area contributed by atoms with E-state index in [9.17, 15) is 13.2 Å². The van der Waals surface area contributed by atoms with Gasteiger partial charge in [-0.1, -0.05) is 0 Å². The number of aliphatic carboxylic acids is 1. The Bertz CT molecular complexity index is 150. The Morgan fingerprint density at radius 2 is 1.64 bits per heavy atom. The molecular formula is C4H4AgF3NO2. The Morgan fingerprint density at radius 1 is 1.55 bits per heavy atom. The van der Waals surface area contributed by atoms with Crippen molar-refractivity contribution in [1.29, 1.82) is 5.26 Å². The molecule has 0 atom stereocenters. The minimum absolute atomic E-state index is 0. The molecule has 0 spiro atoms. The van der Waals surface area contributed by atoms with Crippen molar-refractivity contribution >= 4 is 5.97 Å². The molecule has 7 heteroatoms. The van der Waals surface area contributed by atoms with Crippen LogP contribution in [0.3, 0.4) is 0 Å². The molecule has 0 unspecified atom stereocenters. The summed E-state index contributed by atoms with van der Waals surface area (Å²) in [6, 6.07) is 1.75. The predicted molar refractivity (Wildman–Crippen MR) is 25.0 cm³/mol. The molecule has 0 aromatic rings. The maximum Gasteiger partial charge on any atom is 0.490 e. The predicted octanol–water partition coefficient (Wildman–Crippen LogP) is 1.16. The Morgan fingerprint density at radius 3 is 1.64 bits per heavy atom. The molecule has 1 N–H and O–H groups in total. The smallest absolute Gasteiger partial charge is 0.475 e. The maximum absolute atomic E-state index is 10.6. The average Bonchev–Trinajstić information content (AvgIpc) is 1.64. The van der Waals surface area contributed by atoms with Crippen LogP contribution in [0.5, 0.6) is 0 Å². The van der Waals surface area contributed by atoms with Gasteiger partial charge in [-0.05, 0) is 0 Å². The summed E-state index contributed by atoms with van der Waals surface area (Å²) >= 11 is 0. The van der Waals surface area contributed by atoms with Gasteiger partial charge in [-0.15, -0.1) is 0 Å². The fourth-order valence-electron chi connectivity index (χ4n) is 0. The summed E-state index contributed by atoms with van der Waals surface area (Å²) in [6.45, 7) is 1.43. The van der Waals surface area contributed by atoms with Gasteiger partial charge in [0.2, 0.25) is 0 Å². The van der Waals surface area contributed by atoms with Gasteiger partial charge in [0.25, 0.3) is 0 Å². The van der Waals surface area contributed by atoms with Crippen molar-refractivity contribution in [1.82, 2.24) is 0 Å². The number of hydrogen-bond acceptors (Lipinski definition) is 2. The van der Waals surface area contributed by atoms with E-state index < -0.39 is 12.1 Å². The molecule has 3 nitrogen and oxygen atoms in total. The Labute approximate surface area is 76.3 Å². The molecule has 0 saturated heterocycles. The van der Waals surface area contributed by atoms with Gasteiger partial charge in [-0.2, -0.15) is 18.4 Å². The van der Waals surface area contributed by atoms with Crippen molar-refractivity contribution in [3.05, 3.63) is 0 Å². The van der Waals surface area contributed by atoms with Crippen LogP contribution in [0.4, 0.5) is 13.2 Å². The third kappa shape index (κ3) is 17.7. The van der Waals surface area contributed by atoms with E-state index >= 15 is 0 Å². The van der Waals surface area contributed by atoms with Gasteiger partial charge in [0.1, 0.15) is 0 Å². The molecule has 69 valence electrons. The monoisotopic (exact) mass is 262 g/mol. The number of alkyl halides is 3. The van der Waals surface area contributed by atoms with Gasteiger partial charge >= 0.3 is 12.1 Å². The standard InChI is InChI=1S/C2HF3O2.C2H3N.Ag/c3-2(4,5)1(6)7;1-2-3;/h(H,6,7);1H3;. The largest absolute Gasteiger partial charge is 0.490 e. The van der Waals surface area contributed by atoms with Crippen molar-refractivity contribution in [3.8, 4) is 6.07 Å². The zero-order valence-electron chi connectivity index (χ0n) is 5.24. The molecule has 1 radical (unpaired) electrons. The summed E-state index contributed by atoms with van der Waals surface area (Å²) in [5.74, 6) is -2.76. The molecule has 0 fully saturated rings. The maximum atomic E-state index is 10.6. The molecule has 0 aromatic heterocycles. The van der Waals surface area contributed by atoms with Crippen LogP contribution in [0, 0.1) is 11.3 Å². The topological polar surface area (TPSA) is 61.1 Å². The fraction of sp³-hybridized carbons (Fsp3) is 0.500. The zero-order valence-corrected chi connectivity index (χ0v) is 6.72. The quantitative estimate of drug-likeness (QED) is 0.667. The Balaban J connectivity index is -0.000000140. The molecule has 0 bridgehead atoms. The third-order valence-corrected chi connectivity index (χ3v) is 0.243. The van der Waals surface area contributed by atoms with Gasteiger partial charge in [-0.3, -0.25) is 0 Å². The normalized spacial score (nSPS) is 7.91. The molecule has 0 heterocycles. The number of carboxylic acid groups (broad SMARTS) is 1. The molecular weight excluding hydrogens is 259 g/mol. The second kappa shape index (κ2) is 7.60. The number of hydrogen-bond donors (Lipinski definition) is 1. The molecule has 0 aromatic carbocycles. The second-order valence-electron chi connectivity index (χ2n) is 1.03. The summed E-state index contributed by atoms with van der Waals surface area (Å²) in [6.07, 6.45) is -5.08. The number of halogens is 3. The van der Waals surface area contributed by atoms with Crippen LogP contribution < -0.4 is 0 Å². The minimum Gasteiger partial charge on any atom is -0.475 e. The van der Waals surface area contributed by atoms with E-state index in [1.54, 1.807) is 6.07 Å². The van der Waals surface area contributed by atoms with Crippen LogP contribution in [0.15, 0.2) is 0 Å². The van der Waals surface area contributed by atoms with E-state index in [2.05, 4.69) is 0 Å². The van der Waals surface area contributed by atoms with Crippen LogP contribution in [0.1, 0.15) is 6.92 Å². The molecule has 0 aliphatic heterocycles. The first-order valence-corrected chi connectivity index (χ1v) is 1.97.